The molecule has 0 fully saturated rings. The molecule has 2 nitrogen and oxygen atoms in total. The third-order valence-corrected chi connectivity index (χ3v) is 2.48. The minimum atomic E-state index is -4.94. The molecule has 6 heteroatoms. The second kappa shape index (κ2) is 3.86. The van der Waals surface area contributed by atoms with Crippen molar-refractivity contribution in [3.8, 4) is 11.5 Å². The lowest BCUT2D eigenvalue weighted by atomic mass is 9.95. The van der Waals surface area contributed by atoms with E-state index in [1.54, 1.807) is 6.07 Å². The van der Waals surface area contributed by atoms with Gasteiger partial charge >= 0.3 is 6.98 Å². The van der Waals surface area contributed by atoms with Crippen LogP contribution in [0.2, 0.25) is 0 Å². The average Bonchev–Trinajstić information content (AvgIpc) is 2.47. The van der Waals surface area contributed by atoms with Gasteiger partial charge in [0.1, 0.15) is 5.60 Å². The highest BCUT2D eigenvalue weighted by atomic mass is 19.4. The number of halogens is 3. The Morgan fingerprint density at radius 2 is 2.06 bits per heavy atom. The zero-order valence-corrected chi connectivity index (χ0v) is 9.67. The van der Waals surface area contributed by atoms with E-state index in [-0.39, 0.29) is 11.4 Å². The molecule has 0 saturated carbocycles. The summed E-state index contributed by atoms with van der Waals surface area (Å²) in [7, 11) is 0. The highest BCUT2D eigenvalue weighted by molar-refractivity contribution is 6.58. The van der Waals surface area contributed by atoms with Gasteiger partial charge in [-0.05, 0) is 19.9 Å². The Kier molecular flexibility index (Phi) is 2.75. The van der Waals surface area contributed by atoms with Crippen LogP contribution in [0.15, 0.2) is 18.2 Å². The van der Waals surface area contributed by atoms with Crippen molar-refractivity contribution >= 4 is 6.98 Å². The molecule has 2 rings (SSSR count). The van der Waals surface area contributed by atoms with Crippen molar-refractivity contribution in [3.63, 3.8) is 0 Å². The first-order chi connectivity index (χ1) is 7.77. The van der Waals surface area contributed by atoms with Crippen LogP contribution in [0.3, 0.4) is 0 Å². The van der Waals surface area contributed by atoms with Gasteiger partial charge in [-0.2, -0.15) is 0 Å². The fourth-order valence-electron chi connectivity index (χ4n) is 1.89. The molecular weight excluding hydrogens is 232 g/mol. The number of hydrogen-bond donors (Lipinski definition) is 0. The molecule has 0 bridgehead atoms. The lowest BCUT2D eigenvalue weighted by molar-refractivity contribution is 0.133. The molecule has 0 unspecified atom stereocenters. The monoisotopic (exact) mass is 245 g/mol. The maximum absolute atomic E-state index is 12.1. The summed E-state index contributed by atoms with van der Waals surface area (Å²) in [6.07, 6.45) is 0.677. The maximum Gasteiger partial charge on any atom is 0.515 e. The Morgan fingerprint density at radius 1 is 1.35 bits per heavy atom. The third-order valence-electron chi connectivity index (χ3n) is 2.48. The molecule has 1 heterocycles. The Morgan fingerprint density at radius 3 is 2.71 bits per heavy atom. The topological polar surface area (TPSA) is 18.5 Å². The Hall–Kier alpha value is -1.33. The van der Waals surface area contributed by atoms with E-state index in [1.165, 1.54) is 6.07 Å². The molecule has 0 spiro atoms. The number of rotatable bonds is 3. The van der Waals surface area contributed by atoms with E-state index in [2.05, 4.69) is 0 Å². The molecule has 0 radical (unpaired) electrons. The van der Waals surface area contributed by atoms with Gasteiger partial charge < -0.3 is 22.4 Å². The van der Waals surface area contributed by atoms with Gasteiger partial charge in [-0.15, -0.1) is 0 Å². The van der Waals surface area contributed by atoms with Crippen LogP contribution in [0.5, 0.6) is 11.5 Å². The minimum Gasteiger partial charge on any atom is -0.519 e. The van der Waals surface area contributed by atoms with Crippen molar-refractivity contribution in [1.82, 2.24) is 0 Å². The zero-order valence-electron chi connectivity index (χ0n) is 9.67. The largest absolute Gasteiger partial charge is 0.519 e. The fourth-order valence-corrected chi connectivity index (χ4v) is 1.89. The second-order valence-electron chi connectivity index (χ2n) is 4.80. The van der Waals surface area contributed by atoms with Crippen LogP contribution in [0.25, 0.3) is 0 Å². The summed E-state index contributed by atoms with van der Waals surface area (Å²) in [5.74, 6) is 0.616. The van der Waals surface area contributed by atoms with E-state index in [0.717, 1.165) is 5.56 Å². The van der Waals surface area contributed by atoms with Crippen LogP contribution in [0.4, 0.5) is 12.9 Å². The van der Waals surface area contributed by atoms with Crippen LogP contribution in [0.1, 0.15) is 19.4 Å². The van der Waals surface area contributed by atoms with Crippen molar-refractivity contribution in [2.75, 3.05) is 6.51 Å². The van der Waals surface area contributed by atoms with Crippen molar-refractivity contribution in [3.05, 3.63) is 23.8 Å². The molecule has 0 amide bonds. The van der Waals surface area contributed by atoms with Gasteiger partial charge in [0.2, 0.25) is 0 Å². The van der Waals surface area contributed by atoms with Crippen LogP contribution in [-0.2, 0) is 6.42 Å². The summed E-state index contributed by atoms with van der Waals surface area (Å²) in [6.45, 7) is -2.39. The van der Waals surface area contributed by atoms with Gasteiger partial charge in [-0.1, -0.05) is 12.1 Å². The summed E-state index contributed by atoms with van der Waals surface area (Å²) >= 11 is 0. The fraction of sp³-hybridized carbons (Fsp3) is 0.455. The molecule has 0 atom stereocenters. The molecule has 17 heavy (non-hydrogen) atoms. The molecule has 1 aliphatic heterocycles. The van der Waals surface area contributed by atoms with E-state index < -0.39 is 13.5 Å². The van der Waals surface area contributed by atoms with Crippen LogP contribution >= 0.6 is 0 Å². The predicted octanol–water partition coefficient (Wildman–Crippen LogP) is 3.17. The standard InChI is InChI=1S/C11H13BF3O2/c1-11(2)6-8-4-3-5-9(10(8)17-11)16-7-12(13,14)15/h3-5H,6-7H2,1-2H3/q-1. The smallest absolute Gasteiger partial charge is 0.515 e. The number of ether oxygens (including phenoxy) is 2. The van der Waals surface area contributed by atoms with Gasteiger partial charge in [0, 0.05) is 12.0 Å². The molecule has 0 aromatic heterocycles. The Balaban J connectivity index is 2.19. The van der Waals surface area contributed by atoms with E-state index in [9.17, 15) is 12.9 Å². The first kappa shape index (κ1) is 12.1. The Bertz CT molecular complexity index is 429. The van der Waals surface area contributed by atoms with Crippen molar-refractivity contribution in [1.29, 1.82) is 0 Å². The van der Waals surface area contributed by atoms with Gasteiger partial charge in [-0.25, -0.2) is 0 Å². The van der Waals surface area contributed by atoms with Gasteiger partial charge in [0.15, 0.2) is 11.5 Å². The lowest BCUT2D eigenvalue weighted by Gasteiger charge is -2.20. The van der Waals surface area contributed by atoms with Crippen molar-refractivity contribution in [2.45, 2.75) is 25.9 Å². The van der Waals surface area contributed by atoms with Gasteiger partial charge in [0.05, 0.1) is 6.51 Å². The first-order valence-corrected chi connectivity index (χ1v) is 5.42. The van der Waals surface area contributed by atoms with Crippen LogP contribution < -0.4 is 9.47 Å². The van der Waals surface area contributed by atoms with Gasteiger partial charge in [0.25, 0.3) is 0 Å². The summed E-state index contributed by atoms with van der Waals surface area (Å²) in [6, 6.07) is 5.03. The molecule has 1 aromatic rings. The van der Waals surface area contributed by atoms with E-state index >= 15 is 0 Å². The SMILES string of the molecule is CC1(C)Cc2cccc(OC[B-](F)(F)F)c2O1. The van der Waals surface area contributed by atoms with E-state index in [0.29, 0.717) is 12.2 Å². The minimum absolute atomic E-state index is 0.173. The maximum atomic E-state index is 12.1. The number of benzene rings is 1. The van der Waals surface area contributed by atoms with Crippen molar-refractivity contribution in [2.24, 2.45) is 0 Å². The highest BCUT2D eigenvalue weighted by Gasteiger charge is 2.33. The predicted molar refractivity (Wildman–Crippen MR) is 59.4 cm³/mol. The highest BCUT2D eigenvalue weighted by Crippen LogP contribution is 2.41. The van der Waals surface area contributed by atoms with Crippen LogP contribution in [-0.4, -0.2) is 19.1 Å². The molecule has 0 saturated heterocycles. The molecule has 94 valence electrons. The van der Waals surface area contributed by atoms with E-state index in [1.807, 2.05) is 19.9 Å². The summed E-state index contributed by atoms with van der Waals surface area (Å²) in [4.78, 5) is 0. The molecule has 1 aromatic carbocycles. The second-order valence-corrected chi connectivity index (χ2v) is 4.80. The first-order valence-electron chi connectivity index (χ1n) is 5.42. The molecule has 1 aliphatic rings. The molecular formula is C11H13BF3O2-. The van der Waals surface area contributed by atoms with Crippen LogP contribution in [0, 0.1) is 0 Å². The third kappa shape index (κ3) is 2.87. The Labute approximate surface area is 97.8 Å². The molecule has 0 aliphatic carbocycles. The van der Waals surface area contributed by atoms with E-state index in [4.69, 9.17) is 9.47 Å². The quantitative estimate of drug-likeness (QED) is 0.761. The van der Waals surface area contributed by atoms with Gasteiger partial charge in [-0.3, -0.25) is 0 Å². The summed E-state index contributed by atoms with van der Waals surface area (Å²) < 4.78 is 46.8. The number of hydrogen-bond acceptors (Lipinski definition) is 2. The normalized spacial score (nSPS) is 17.5. The zero-order chi connectivity index (χ0) is 12.7. The number of fused-ring (bicyclic) bond motifs is 1. The summed E-state index contributed by atoms with van der Waals surface area (Å²) in [5, 5.41) is 0. The lowest BCUT2D eigenvalue weighted by Crippen LogP contribution is -2.27. The van der Waals surface area contributed by atoms with Crippen molar-refractivity contribution < 1.29 is 22.4 Å². The number of para-hydroxylation sites is 1. The molecule has 0 N–H and O–H groups in total. The summed E-state index contributed by atoms with van der Waals surface area (Å²) in [5.41, 5.74) is 0.507. The average molecular weight is 245 g/mol.